The maximum atomic E-state index is 10.3. The van der Waals surface area contributed by atoms with Gasteiger partial charge < -0.3 is 35.0 Å². The molecule has 4 aromatic rings. The molecular weight excluding hydrogens is 484 g/mol. The number of nitrogens with zero attached hydrogens (tertiary/aromatic N) is 6. The first-order valence-electron chi connectivity index (χ1n) is 12.1. The van der Waals surface area contributed by atoms with Gasteiger partial charge in [0.2, 0.25) is 5.95 Å². The zero-order valence-electron chi connectivity index (χ0n) is 22.3. The van der Waals surface area contributed by atoms with Crippen LogP contribution in [-0.2, 0) is 0 Å². The van der Waals surface area contributed by atoms with E-state index in [9.17, 15) is 5.11 Å². The van der Waals surface area contributed by atoms with Crippen molar-refractivity contribution in [1.29, 1.82) is 0 Å². The number of imidazole rings is 1. The van der Waals surface area contributed by atoms with Gasteiger partial charge in [-0.25, -0.2) is 9.97 Å². The number of aliphatic hydroxyl groups is 1. The van der Waals surface area contributed by atoms with E-state index in [-0.39, 0.29) is 0 Å². The summed E-state index contributed by atoms with van der Waals surface area (Å²) in [6.07, 6.45) is 3.90. The normalized spacial score (nSPS) is 11.9. The SMILES string of the molecule is C=CC(O)Nc1cc(Nc2nccc(-n3cnc4cc(OC)ccc43)n2)c(OC)cc1N(C)CCN(C)C. The number of hydrogen-bond donors (Lipinski definition) is 3. The Hall–Kier alpha value is -4.35. The minimum absolute atomic E-state index is 0.375. The first kappa shape index (κ1) is 26.7. The van der Waals surface area contributed by atoms with Gasteiger partial charge in [-0.15, -0.1) is 0 Å². The fourth-order valence-electron chi connectivity index (χ4n) is 3.92. The fourth-order valence-corrected chi connectivity index (χ4v) is 3.92. The van der Waals surface area contributed by atoms with E-state index in [2.05, 4.69) is 37.0 Å². The van der Waals surface area contributed by atoms with E-state index in [1.54, 1.807) is 26.7 Å². The van der Waals surface area contributed by atoms with Crippen molar-refractivity contribution in [1.82, 2.24) is 24.4 Å². The summed E-state index contributed by atoms with van der Waals surface area (Å²) < 4.78 is 12.9. The van der Waals surface area contributed by atoms with E-state index in [4.69, 9.17) is 14.5 Å². The van der Waals surface area contributed by atoms with Gasteiger partial charge in [0.15, 0.2) is 0 Å². The monoisotopic (exact) mass is 518 g/mol. The predicted molar refractivity (Wildman–Crippen MR) is 151 cm³/mol. The van der Waals surface area contributed by atoms with E-state index in [0.717, 1.165) is 35.6 Å². The van der Waals surface area contributed by atoms with E-state index in [0.29, 0.717) is 28.9 Å². The Morgan fingerprint density at radius 1 is 1.05 bits per heavy atom. The van der Waals surface area contributed by atoms with Crippen molar-refractivity contribution < 1.29 is 14.6 Å². The van der Waals surface area contributed by atoms with Crippen molar-refractivity contribution in [3.8, 4) is 17.3 Å². The summed E-state index contributed by atoms with van der Waals surface area (Å²) >= 11 is 0. The van der Waals surface area contributed by atoms with Crippen LogP contribution in [0.15, 0.2) is 61.6 Å². The lowest BCUT2D eigenvalue weighted by atomic mass is 10.2. The first-order valence-corrected chi connectivity index (χ1v) is 12.1. The van der Waals surface area contributed by atoms with Crippen molar-refractivity contribution in [2.75, 3.05) is 64.0 Å². The summed E-state index contributed by atoms with van der Waals surface area (Å²) in [7, 11) is 9.29. The average Bonchev–Trinajstić information content (AvgIpc) is 3.35. The van der Waals surface area contributed by atoms with Crippen LogP contribution in [0.2, 0.25) is 0 Å². The van der Waals surface area contributed by atoms with Crippen LogP contribution in [0.4, 0.5) is 23.0 Å². The standard InChI is InChI=1S/C27H34N8O3/c1-7-26(36)30-20-15-21(24(38-6)16-23(20)34(4)13-12-33(2)3)31-27-28-11-10-25(32-27)35-17-29-19-14-18(37-5)8-9-22(19)35/h7-11,14-17,26,30,36H,1,12-13H2,2-6H3,(H,28,31,32). The number of nitrogens with one attached hydrogen (secondary N) is 2. The Balaban J connectivity index is 1.68. The minimum atomic E-state index is -0.926. The van der Waals surface area contributed by atoms with Crippen LogP contribution in [0.5, 0.6) is 11.5 Å². The van der Waals surface area contributed by atoms with Gasteiger partial charge in [0.1, 0.15) is 29.9 Å². The third kappa shape index (κ3) is 5.96. The molecule has 4 rings (SSSR count). The van der Waals surface area contributed by atoms with E-state index < -0.39 is 6.23 Å². The van der Waals surface area contributed by atoms with Crippen LogP contribution >= 0.6 is 0 Å². The summed E-state index contributed by atoms with van der Waals surface area (Å²) in [5.74, 6) is 2.36. The molecule has 0 radical (unpaired) electrons. The van der Waals surface area contributed by atoms with Crippen LogP contribution in [0.25, 0.3) is 16.9 Å². The quantitative estimate of drug-likeness (QED) is 0.190. The summed E-state index contributed by atoms with van der Waals surface area (Å²) in [5.41, 5.74) is 3.89. The second-order valence-electron chi connectivity index (χ2n) is 8.95. The number of fused-ring (bicyclic) bond motifs is 1. The van der Waals surface area contributed by atoms with Crippen LogP contribution < -0.4 is 25.0 Å². The predicted octanol–water partition coefficient (Wildman–Crippen LogP) is 3.49. The maximum Gasteiger partial charge on any atom is 0.229 e. The van der Waals surface area contributed by atoms with Gasteiger partial charge in [-0.2, -0.15) is 4.98 Å². The molecule has 0 amide bonds. The summed E-state index contributed by atoms with van der Waals surface area (Å²) in [5, 5.41) is 16.6. The van der Waals surface area contributed by atoms with Gasteiger partial charge in [0, 0.05) is 38.5 Å². The lowest BCUT2D eigenvalue weighted by Crippen LogP contribution is -2.29. The minimum Gasteiger partial charge on any atom is -0.497 e. The summed E-state index contributed by atoms with van der Waals surface area (Å²) in [6.45, 7) is 5.31. The molecule has 0 bridgehead atoms. The fraction of sp³-hybridized carbons (Fsp3) is 0.296. The highest BCUT2D eigenvalue weighted by atomic mass is 16.5. The number of ether oxygens (including phenoxy) is 2. The molecule has 0 saturated heterocycles. The summed E-state index contributed by atoms with van der Waals surface area (Å²) in [6, 6.07) is 11.3. The number of methoxy groups -OCH3 is 2. The molecule has 200 valence electrons. The molecule has 11 nitrogen and oxygen atoms in total. The van der Waals surface area contributed by atoms with Gasteiger partial charge in [0.05, 0.1) is 42.3 Å². The molecule has 0 aliphatic carbocycles. The van der Waals surface area contributed by atoms with Crippen LogP contribution in [-0.4, -0.2) is 84.2 Å². The van der Waals surface area contributed by atoms with E-state index in [1.165, 1.54) is 6.08 Å². The molecule has 0 aliphatic rings. The second-order valence-corrected chi connectivity index (χ2v) is 8.95. The van der Waals surface area contributed by atoms with Crippen molar-refractivity contribution in [3.63, 3.8) is 0 Å². The molecule has 0 saturated carbocycles. The molecule has 38 heavy (non-hydrogen) atoms. The van der Waals surface area contributed by atoms with Gasteiger partial charge in [0.25, 0.3) is 0 Å². The van der Waals surface area contributed by atoms with Crippen molar-refractivity contribution in [2.45, 2.75) is 6.23 Å². The Bertz CT molecular complexity index is 1400. The highest BCUT2D eigenvalue weighted by Crippen LogP contribution is 2.38. The highest BCUT2D eigenvalue weighted by Gasteiger charge is 2.17. The van der Waals surface area contributed by atoms with Gasteiger partial charge in [-0.1, -0.05) is 6.58 Å². The number of benzene rings is 2. The topological polar surface area (TPSA) is 113 Å². The highest BCUT2D eigenvalue weighted by molar-refractivity contribution is 5.81. The van der Waals surface area contributed by atoms with Crippen molar-refractivity contribution in [2.24, 2.45) is 0 Å². The van der Waals surface area contributed by atoms with E-state index >= 15 is 0 Å². The summed E-state index contributed by atoms with van der Waals surface area (Å²) in [4.78, 5) is 17.8. The lowest BCUT2D eigenvalue weighted by molar-refractivity contribution is 0.253. The number of likely N-dealkylation sites (N-methyl/N-ethyl adjacent to an activating group) is 2. The zero-order valence-corrected chi connectivity index (χ0v) is 22.3. The molecule has 2 aromatic heterocycles. The number of hydrogen-bond acceptors (Lipinski definition) is 10. The number of aliphatic hydroxyl groups excluding tert-OH is 1. The zero-order chi connectivity index (χ0) is 27.2. The largest absolute Gasteiger partial charge is 0.497 e. The first-order chi connectivity index (χ1) is 18.3. The van der Waals surface area contributed by atoms with Crippen LogP contribution in [0, 0.1) is 0 Å². The van der Waals surface area contributed by atoms with E-state index in [1.807, 2.05) is 62.1 Å². The smallest absolute Gasteiger partial charge is 0.229 e. The van der Waals surface area contributed by atoms with Crippen LogP contribution in [0.3, 0.4) is 0 Å². The maximum absolute atomic E-state index is 10.3. The van der Waals surface area contributed by atoms with Crippen LogP contribution in [0.1, 0.15) is 0 Å². The molecule has 0 spiro atoms. The number of anilines is 4. The second kappa shape index (κ2) is 11.8. The Morgan fingerprint density at radius 2 is 1.87 bits per heavy atom. The van der Waals surface area contributed by atoms with Crippen molar-refractivity contribution in [3.05, 3.63) is 61.6 Å². The lowest BCUT2D eigenvalue weighted by Gasteiger charge is -2.27. The molecule has 2 aromatic carbocycles. The molecule has 0 aliphatic heterocycles. The third-order valence-electron chi connectivity index (χ3n) is 6.03. The Morgan fingerprint density at radius 3 is 2.58 bits per heavy atom. The van der Waals surface area contributed by atoms with Crippen molar-refractivity contribution >= 4 is 34.0 Å². The molecule has 0 fully saturated rings. The molecule has 2 heterocycles. The molecule has 1 unspecified atom stereocenters. The van der Waals surface area contributed by atoms with Gasteiger partial charge >= 0.3 is 0 Å². The molecule has 11 heteroatoms. The number of rotatable bonds is 12. The Kier molecular flexibility index (Phi) is 8.29. The van der Waals surface area contributed by atoms with Gasteiger partial charge in [-0.05, 0) is 44.4 Å². The molecular formula is C27H34N8O3. The number of aromatic nitrogens is 4. The third-order valence-corrected chi connectivity index (χ3v) is 6.03. The Labute approximate surface area is 222 Å². The molecule has 3 N–H and O–H groups in total. The average molecular weight is 519 g/mol. The van der Waals surface area contributed by atoms with Gasteiger partial charge in [-0.3, -0.25) is 4.57 Å². The molecule has 1 atom stereocenters.